The molecule has 0 saturated carbocycles. The van der Waals surface area contributed by atoms with E-state index in [1.165, 1.54) is 16.2 Å². The van der Waals surface area contributed by atoms with Gasteiger partial charge in [-0.25, -0.2) is 13.4 Å². The topological polar surface area (TPSA) is 101 Å². The number of unbranched alkanes of at least 4 members (excludes halogenated alkanes) is 2. The van der Waals surface area contributed by atoms with Gasteiger partial charge in [0.05, 0.1) is 15.5 Å². The number of carbonyl (C=O) groups excluding carboxylic acids is 1. The number of hydrogen-bond donors (Lipinski definition) is 2. The van der Waals surface area contributed by atoms with E-state index in [1.807, 2.05) is 11.4 Å². The number of nitrogens with zero attached hydrogens (tertiary/aromatic N) is 2. The van der Waals surface area contributed by atoms with Crippen LogP contribution in [0, 0.1) is 6.92 Å². The maximum absolute atomic E-state index is 12.2. The van der Waals surface area contributed by atoms with Crippen molar-refractivity contribution in [3.05, 3.63) is 52.2 Å². The summed E-state index contributed by atoms with van der Waals surface area (Å²) in [7, 11) is -3.50. The van der Waals surface area contributed by atoms with Gasteiger partial charge in [0.1, 0.15) is 5.84 Å². The summed E-state index contributed by atoms with van der Waals surface area (Å²) >= 11 is 3.11. The molecule has 0 radical (unpaired) electrons. The van der Waals surface area contributed by atoms with Crippen molar-refractivity contribution in [2.75, 3.05) is 11.9 Å². The number of amidine groups is 1. The number of sulfonamides is 1. The molecule has 0 fully saturated rings. The van der Waals surface area contributed by atoms with E-state index in [4.69, 9.17) is 0 Å². The Balaban J connectivity index is 1.19. The SMILES string of the molecule is Cc1ccc(-c2csc(NC(=O)CCCCCN=C3NS(=O)(=O)c4ccccc43)n2)s1. The highest BCUT2D eigenvalue weighted by Crippen LogP contribution is 2.30. The van der Waals surface area contributed by atoms with Crippen LogP contribution >= 0.6 is 22.7 Å². The molecule has 7 nitrogen and oxygen atoms in total. The van der Waals surface area contributed by atoms with Gasteiger partial charge in [0, 0.05) is 28.8 Å². The monoisotopic (exact) mass is 474 g/mol. The van der Waals surface area contributed by atoms with Crippen LogP contribution in [0.3, 0.4) is 0 Å². The number of anilines is 1. The molecule has 1 aliphatic rings. The highest BCUT2D eigenvalue weighted by molar-refractivity contribution is 7.90. The average Bonchev–Trinajstić information content (AvgIpc) is 3.43. The van der Waals surface area contributed by atoms with Crippen molar-refractivity contribution in [3.8, 4) is 10.6 Å². The van der Waals surface area contributed by atoms with Gasteiger partial charge < -0.3 is 5.32 Å². The molecule has 1 aromatic carbocycles. The second kappa shape index (κ2) is 9.29. The van der Waals surface area contributed by atoms with Gasteiger partial charge in [-0.05, 0) is 44.0 Å². The third-order valence-electron chi connectivity index (χ3n) is 4.74. The molecule has 31 heavy (non-hydrogen) atoms. The summed E-state index contributed by atoms with van der Waals surface area (Å²) in [4.78, 5) is 23.7. The van der Waals surface area contributed by atoms with E-state index in [-0.39, 0.29) is 10.8 Å². The van der Waals surface area contributed by atoms with Crippen LogP contribution in [0.5, 0.6) is 0 Å². The van der Waals surface area contributed by atoms with Gasteiger partial charge >= 0.3 is 0 Å². The summed E-state index contributed by atoms with van der Waals surface area (Å²) in [5.41, 5.74) is 1.50. The minimum Gasteiger partial charge on any atom is -0.302 e. The molecular weight excluding hydrogens is 452 g/mol. The Morgan fingerprint density at radius 3 is 2.81 bits per heavy atom. The van der Waals surface area contributed by atoms with E-state index in [9.17, 15) is 13.2 Å². The van der Waals surface area contributed by atoms with E-state index in [0.29, 0.717) is 29.5 Å². The van der Waals surface area contributed by atoms with Gasteiger partial charge in [-0.1, -0.05) is 18.6 Å². The number of nitrogens with one attached hydrogen (secondary N) is 2. The summed E-state index contributed by atoms with van der Waals surface area (Å²) in [6.45, 7) is 2.56. The highest BCUT2D eigenvalue weighted by atomic mass is 32.2. The third kappa shape index (κ3) is 5.20. The third-order valence-corrected chi connectivity index (χ3v) is 7.92. The fourth-order valence-electron chi connectivity index (χ4n) is 3.21. The van der Waals surface area contributed by atoms with Crippen molar-refractivity contribution >= 4 is 49.6 Å². The number of thiophene rings is 1. The molecule has 0 unspecified atom stereocenters. The molecule has 0 aliphatic carbocycles. The minimum absolute atomic E-state index is 0.0490. The first-order chi connectivity index (χ1) is 14.9. The van der Waals surface area contributed by atoms with E-state index in [2.05, 4.69) is 33.0 Å². The molecule has 0 bridgehead atoms. The zero-order valence-corrected chi connectivity index (χ0v) is 19.4. The Hall–Kier alpha value is -2.56. The van der Waals surface area contributed by atoms with Crippen molar-refractivity contribution in [2.24, 2.45) is 4.99 Å². The maximum atomic E-state index is 12.2. The molecule has 3 heterocycles. The normalized spacial score (nSPS) is 15.6. The van der Waals surface area contributed by atoms with Crippen LogP contribution < -0.4 is 10.0 Å². The van der Waals surface area contributed by atoms with Crippen LogP contribution in [0.25, 0.3) is 10.6 Å². The van der Waals surface area contributed by atoms with Gasteiger partial charge in [0.25, 0.3) is 10.0 Å². The molecule has 4 rings (SSSR count). The first-order valence-corrected chi connectivity index (χ1v) is 13.1. The number of rotatable bonds is 8. The number of aryl methyl sites for hydroxylation is 1. The summed E-state index contributed by atoms with van der Waals surface area (Å²) in [5.74, 6) is 0.348. The Labute approximate surface area is 189 Å². The fourth-order valence-corrected chi connectivity index (χ4v) is 6.10. The number of thiazole rings is 1. The molecule has 2 N–H and O–H groups in total. The standard InChI is InChI=1S/C21H22N4O3S3/c1-14-10-11-17(30-14)16-13-29-21(23-16)24-19(26)9-3-2-6-12-22-20-15-7-4-5-8-18(15)31(27,28)25-20/h4-5,7-8,10-11,13H,2-3,6,9,12H2,1H3,(H,22,25)(H,23,24,26). The second-order valence-electron chi connectivity index (χ2n) is 7.14. The van der Waals surface area contributed by atoms with Crippen molar-refractivity contribution in [2.45, 2.75) is 37.5 Å². The maximum Gasteiger partial charge on any atom is 0.263 e. The van der Waals surface area contributed by atoms with Crippen molar-refractivity contribution in [1.82, 2.24) is 9.71 Å². The lowest BCUT2D eigenvalue weighted by Crippen LogP contribution is -2.22. The first kappa shape index (κ1) is 21.7. The molecule has 0 atom stereocenters. The van der Waals surface area contributed by atoms with Gasteiger partial charge in [-0.15, -0.1) is 22.7 Å². The summed E-state index contributed by atoms with van der Waals surface area (Å²) in [6, 6.07) is 10.9. The summed E-state index contributed by atoms with van der Waals surface area (Å²) in [5, 5.41) is 5.43. The summed E-state index contributed by atoms with van der Waals surface area (Å²) in [6.07, 6.45) is 2.76. The Kier molecular flexibility index (Phi) is 6.49. The second-order valence-corrected chi connectivity index (χ2v) is 10.9. The van der Waals surface area contributed by atoms with Crippen molar-refractivity contribution < 1.29 is 13.2 Å². The lowest BCUT2D eigenvalue weighted by atomic mass is 10.2. The van der Waals surface area contributed by atoms with Crippen molar-refractivity contribution in [3.63, 3.8) is 0 Å². The smallest absolute Gasteiger partial charge is 0.263 e. The fraction of sp³-hybridized carbons (Fsp3) is 0.286. The highest BCUT2D eigenvalue weighted by Gasteiger charge is 2.29. The Bertz CT molecular complexity index is 1230. The number of aliphatic imine (C=N–C) groups is 1. The number of hydrogen-bond acceptors (Lipinski definition) is 7. The lowest BCUT2D eigenvalue weighted by molar-refractivity contribution is -0.116. The molecule has 3 aromatic rings. The lowest BCUT2D eigenvalue weighted by Gasteiger charge is -2.02. The van der Waals surface area contributed by atoms with E-state index >= 15 is 0 Å². The minimum atomic E-state index is -3.50. The molecule has 10 heteroatoms. The number of fused-ring (bicyclic) bond motifs is 1. The molecule has 0 saturated heterocycles. The van der Waals surface area contributed by atoms with Crippen LogP contribution in [-0.2, 0) is 14.8 Å². The van der Waals surface area contributed by atoms with Crippen LogP contribution in [-0.4, -0.2) is 31.7 Å². The van der Waals surface area contributed by atoms with Gasteiger partial charge in [0.15, 0.2) is 5.13 Å². The Morgan fingerprint density at radius 2 is 2.00 bits per heavy atom. The predicted molar refractivity (Wildman–Crippen MR) is 125 cm³/mol. The number of benzene rings is 1. The zero-order valence-electron chi connectivity index (χ0n) is 16.9. The molecule has 0 spiro atoms. The number of aromatic nitrogens is 1. The van der Waals surface area contributed by atoms with Crippen LogP contribution in [0.15, 0.2) is 51.7 Å². The first-order valence-electron chi connectivity index (χ1n) is 9.91. The quantitative estimate of drug-likeness (QED) is 0.472. The molecule has 1 amide bonds. The van der Waals surface area contributed by atoms with Gasteiger partial charge in [0.2, 0.25) is 5.91 Å². The number of carbonyl (C=O) groups is 1. The zero-order chi connectivity index (χ0) is 21.8. The molecule has 162 valence electrons. The number of amides is 1. The van der Waals surface area contributed by atoms with Crippen LogP contribution in [0.1, 0.15) is 36.1 Å². The average molecular weight is 475 g/mol. The Morgan fingerprint density at radius 1 is 1.16 bits per heavy atom. The molecular formula is C21H22N4O3S3. The van der Waals surface area contributed by atoms with Gasteiger partial charge in [-0.2, -0.15) is 0 Å². The van der Waals surface area contributed by atoms with E-state index in [1.54, 1.807) is 35.6 Å². The van der Waals surface area contributed by atoms with Crippen molar-refractivity contribution in [1.29, 1.82) is 0 Å². The largest absolute Gasteiger partial charge is 0.302 e. The summed E-state index contributed by atoms with van der Waals surface area (Å²) < 4.78 is 26.6. The van der Waals surface area contributed by atoms with E-state index < -0.39 is 10.0 Å². The van der Waals surface area contributed by atoms with Crippen LogP contribution in [0.2, 0.25) is 0 Å². The molecule has 1 aliphatic heterocycles. The van der Waals surface area contributed by atoms with E-state index in [0.717, 1.165) is 29.8 Å². The van der Waals surface area contributed by atoms with Crippen LogP contribution in [0.4, 0.5) is 5.13 Å². The predicted octanol–water partition coefficient (Wildman–Crippen LogP) is 4.42. The van der Waals surface area contributed by atoms with Gasteiger partial charge in [-0.3, -0.25) is 14.5 Å². The molecule has 2 aromatic heterocycles.